The van der Waals surface area contributed by atoms with Crippen LogP contribution in [0.15, 0.2) is 55.3 Å². The second-order valence-electron chi connectivity index (χ2n) is 10.9. The maximum Gasteiger partial charge on any atom is 0.247 e. The molecule has 1 aliphatic heterocycles. The number of amides is 1. The number of anilines is 4. The summed E-state index contributed by atoms with van der Waals surface area (Å²) in [6.45, 7) is 10.4. The number of aryl methyl sites for hydroxylation is 1. The lowest BCUT2D eigenvalue weighted by Crippen LogP contribution is -2.19. The van der Waals surface area contributed by atoms with Crippen molar-refractivity contribution in [3.05, 3.63) is 71.4 Å². The summed E-state index contributed by atoms with van der Waals surface area (Å²) in [5.74, 6) is 2.75. The number of halogens is 1. The molecule has 0 spiro atoms. The lowest BCUT2D eigenvalue weighted by Gasteiger charge is -2.19. The van der Waals surface area contributed by atoms with Crippen LogP contribution in [0.4, 0.5) is 23.0 Å². The molecule has 3 heterocycles. The van der Waals surface area contributed by atoms with Crippen LogP contribution in [0.2, 0.25) is 5.02 Å². The Bertz CT molecular complexity index is 1660. The number of hydrogen-bond donors (Lipinski definition) is 3. The number of aromatic nitrogens is 2. The largest absolute Gasteiger partial charge is 0.496 e. The fourth-order valence-electron chi connectivity index (χ4n) is 5.53. The van der Waals surface area contributed by atoms with Crippen LogP contribution in [0.1, 0.15) is 17.5 Å². The van der Waals surface area contributed by atoms with Gasteiger partial charge in [0.15, 0.2) is 0 Å². The molecule has 0 saturated carbocycles. The van der Waals surface area contributed by atoms with E-state index in [4.69, 9.17) is 31.0 Å². The van der Waals surface area contributed by atoms with Crippen molar-refractivity contribution >= 4 is 51.3 Å². The predicted octanol–water partition coefficient (Wildman–Crippen LogP) is 6.82. The normalized spacial score (nSPS) is 14.9. The number of benzene rings is 2. The summed E-state index contributed by atoms with van der Waals surface area (Å²) in [7, 11) is 5.36. The fraction of sp³-hybridized carbons (Fsp3) is 0.303. The van der Waals surface area contributed by atoms with E-state index in [0.717, 1.165) is 65.0 Å². The topological polar surface area (TPSA) is 101 Å². The molecule has 9 nitrogen and oxygen atoms in total. The first-order valence-electron chi connectivity index (χ1n) is 14.2. The first-order valence-corrected chi connectivity index (χ1v) is 14.5. The molecule has 1 fully saturated rings. The number of ether oxygens (including phenoxy) is 2. The smallest absolute Gasteiger partial charge is 0.247 e. The van der Waals surface area contributed by atoms with Gasteiger partial charge in [0.2, 0.25) is 5.91 Å². The van der Waals surface area contributed by atoms with Gasteiger partial charge in [0.05, 0.1) is 36.3 Å². The van der Waals surface area contributed by atoms with Crippen molar-refractivity contribution in [1.82, 2.24) is 14.9 Å². The van der Waals surface area contributed by atoms with Crippen LogP contribution in [-0.2, 0) is 4.79 Å². The third-order valence-corrected chi connectivity index (χ3v) is 8.24. The highest BCUT2D eigenvalue weighted by Crippen LogP contribution is 2.43. The second-order valence-corrected chi connectivity index (χ2v) is 11.2. The van der Waals surface area contributed by atoms with Gasteiger partial charge in [-0.2, -0.15) is 0 Å². The Labute approximate surface area is 257 Å². The van der Waals surface area contributed by atoms with Gasteiger partial charge in [-0.15, -0.1) is 0 Å². The van der Waals surface area contributed by atoms with Crippen LogP contribution in [0, 0.1) is 19.8 Å². The number of para-hydroxylation sites is 1. The lowest BCUT2D eigenvalue weighted by molar-refractivity contribution is -0.111. The molecule has 10 heteroatoms. The SMILES string of the molecule is C=CC(=O)Nc1cccc(C)c1Nc1cc2c(NCC3CCN(C)C3)nc(-c3c(C)c(OC)cc(OC)c3Cl)cc2cn1. The van der Waals surface area contributed by atoms with Crippen LogP contribution in [0.25, 0.3) is 22.0 Å². The van der Waals surface area contributed by atoms with E-state index in [0.29, 0.717) is 39.6 Å². The van der Waals surface area contributed by atoms with Crippen molar-refractivity contribution < 1.29 is 14.3 Å². The van der Waals surface area contributed by atoms with Gasteiger partial charge in [-0.3, -0.25) is 4.79 Å². The van der Waals surface area contributed by atoms with Crippen molar-refractivity contribution in [2.24, 2.45) is 5.92 Å². The maximum absolute atomic E-state index is 12.1. The van der Waals surface area contributed by atoms with Crippen LogP contribution in [-0.4, -0.2) is 61.7 Å². The molecule has 1 atom stereocenters. The van der Waals surface area contributed by atoms with E-state index in [1.807, 2.05) is 50.4 Å². The molecule has 3 N–H and O–H groups in total. The third kappa shape index (κ3) is 6.38. The minimum atomic E-state index is -0.288. The molecule has 224 valence electrons. The molecule has 2 aromatic carbocycles. The second kappa shape index (κ2) is 12.9. The van der Waals surface area contributed by atoms with Gasteiger partial charge in [-0.05, 0) is 69.6 Å². The van der Waals surface area contributed by atoms with E-state index in [2.05, 4.69) is 34.5 Å². The van der Waals surface area contributed by atoms with Crippen LogP contribution < -0.4 is 25.4 Å². The maximum atomic E-state index is 12.1. The van der Waals surface area contributed by atoms with Crippen molar-refractivity contribution in [2.75, 3.05) is 56.9 Å². The summed E-state index contributed by atoms with van der Waals surface area (Å²) < 4.78 is 11.2. The number of likely N-dealkylation sites (tertiary alicyclic amines) is 1. The van der Waals surface area contributed by atoms with Gasteiger partial charge in [-0.1, -0.05) is 30.3 Å². The number of hydrogen-bond acceptors (Lipinski definition) is 8. The molecule has 0 aliphatic carbocycles. The summed E-state index contributed by atoms with van der Waals surface area (Å²) in [5, 5.41) is 12.2. The summed E-state index contributed by atoms with van der Waals surface area (Å²) >= 11 is 6.86. The molecule has 1 aliphatic rings. The molecule has 1 amide bonds. The number of methoxy groups -OCH3 is 2. The number of fused-ring (bicyclic) bond motifs is 1. The summed E-state index contributed by atoms with van der Waals surface area (Å²) in [4.78, 5) is 24.3. The highest BCUT2D eigenvalue weighted by Gasteiger charge is 2.22. The number of nitrogens with zero attached hydrogens (tertiary/aromatic N) is 3. The first-order chi connectivity index (χ1) is 20.7. The zero-order valence-corrected chi connectivity index (χ0v) is 25.9. The van der Waals surface area contributed by atoms with Crippen LogP contribution in [0.5, 0.6) is 11.5 Å². The number of carbonyl (C=O) groups is 1. The molecule has 0 radical (unpaired) electrons. The van der Waals surface area contributed by atoms with E-state index in [-0.39, 0.29) is 5.91 Å². The van der Waals surface area contributed by atoms with Gasteiger partial charge >= 0.3 is 0 Å². The Morgan fingerprint density at radius 1 is 1.19 bits per heavy atom. The molecule has 43 heavy (non-hydrogen) atoms. The van der Waals surface area contributed by atoms with E-state index < -0.39 is 0 Å². The Kier molecular flexibility index (Phi) is 9.03. The predicted molar refractivity (Wildman–Crippen MR) is 175 cm³/mol. The zero-order valence-electron chi connectivity index (χ0n) is 25.2. The minimum absolute atomic E-state index is 0.288. The summed E-state index contributed by atoms with van der Waals surface area (Å²) in [6.07, 6.45) is 4.19. The molecular formula is C33H37ClN6O3. The van der Waals surface area contributed by atoms with Crippen molar-refractivity contribution in [2.45, 2.75) is 20.3 Å². The monoisotopic (exact) mass is 600 g/mol. The van der Waals surface area contributed by atoms with E-state index in [1.54, 1.807) is 20.3 Å². The molecule has 1 saturated heterocycles. The molecule has 5 rings (SSSR count). The highest BCUT2D eigenvalue weighted by atomic mass is 35.5. The fourth-order valence-corrected chi connectivity index (χ4v) is 5.90. The average Bonchev–Trinajstić information content (AvgIpc) is 3.42. The number of nitrogens with one attached hydrogen (secondary N) is 3. The van der Waals surface area contributed by atoms with Crippen LogP contribution in [0.3, 0.4) is 0 Å². The van der Waals surface area contributed by atoms with E-state index >= 15 is 0 Å². The van der Waals surface area contributed by atoms with Gasteiger partial charge in [0.25, 0.3) is 0 Å². The number of pyridine rings is 2. The summed E-state index contributed by atoms with van der Waals surface area (Å²) in [5.41, 5.74) is 4.65. The van der Waals surface area contributed by atoms with Gasteiger partial charge in [-0.25, -0.2) is 9.97 Å². The Morgan fingerprint density at radius 2 is 1.98 bits per heavy atom. The third-order valence-electron chi connectivity index (χ3n) is 7.87. The van der Waals surface area contributed by atoms with Crippen LogP contribution >= 0.6 is 11.6 Å². The summed E-state index contributed by atoms with van der Waals surface area (Å²) in [6, 6.07) is 11.4. The Balaban J connectivity index is 1.60. The Morgan fingerprint density at radius 3 is 2.67 bits per heavy atom. The molecular weight excluding hydrogens is 564 g/mol. The molecule has 4 aromatic rings. The standard InChI is InChI=1S/C33H37ClN6O3/c1-7-29(41)37-24-10-8-9-19(2)32(24)39-28-14-23-22(17-35-28)13-25(38-33(23)36-16-21-11-12-40(4)18-21)30-20(3)26(42-5)15-27(43-6)31(30)34/h7-10,13-15,17,21H,1,11-12,16,18H2,2-6H3,(H,35,39)(H,36,38)(H,37,41). The highest BCUT2D eigenvalue weighted by molar-refractivity contribution is 6.35. The average molecular weight is 601 g/mol. The quantitative estimate of drug-likeness (QED) is 0.171. The van der Waals surface area contributed by atoms with Crippen molar-refractivity contribution in [3.63, 3.8) is 0 Å². The zero-order chi connectivity index (χ0) is 30.7. The Hall–Kier alpha value is -4.34. The van der Waals surface area contributed by atoms with Crippen molar-refractivity contribution in [1.29, 1.82) is 0 Å². The van der Waals surface area contributed by atoms with E-state index in [1.165, 1.54) is 6.08 Å². The first kappa shape index (κ1) is 30.1. The van der Waals surface area contributed by atoms with Gasteiger partial charge < -0.3 is 30.3 Å². The number of carbonyl (C=O) groups excluding carboxylic acids is 1. The van der Waals surface area contributed by atoms with Crippen molar-refractivity contribution in [3.8, 4) is 22.8 Å². The van der Waals surface area contributed by atoms with Gasteiger partial charge in [0.1, 0.15) is 23.1 Å². The lowest BCUT2D eigenvalue weighted by atomic mass is 10.0. The van der Waals surface area contributed by atoms with Gasteiger partial charge in [0, 0.05) is 47.3 Å². The number of rotatable bonds is 10. The minimum Gasteiger partial charge on any atom is -0.496 e. The van der Waals surface area contributed by atoms with E-state index in [9.17, 15) is 4.79 Å². The molecule has 2 aromatic heterocycles. The molecule has 1 unspecified atom stereocenters. The molecule has 0 bridgehead atoms.